The number of aliphatic carboxylic acids is 1. The molecule has 0 bridgehead atoms. The summed E-state index contributed by atoms with van der Waals surface area (Å²) in [6.45, 7) is 6.90. The van der Waals surface area contributed by atoms with E-state index in [1.807, 2.05) is 0 Å². The molecular weight excluding hydrogens is 306 g/mol. The van der Waals surface area contributed by atoms with E-state index in [0.29, 0.717) is 0 Å². The van der Waals surface area contributed by atoms with Crippen molar-refractivity contribution in [2.45, 2.75) is 46.6 Å². The van der Waals surface area contributed by atoms with Gasteiger partial charge in [-0.25, -0.2) is 4.79 Å². The largest absolute Gasteiger partial charge is 0.480 e. The molecule has 0 aromatic carbocycles. The van der Waals surface area contributed by atoms with Gasteiger partial charge in [0.25, 0.3) is 0 Å². The average molecular weight is 331 g/mol. The number of carboxylic acid groups (broad SMARTS) is 1. The quantitative estimate of drug-likeness (QED) is 0.566. The SMILES string of the molecule is CCOC(=O)C[C@@H](C(=O)OCC)[C@@H](NC(=O)CC(C)C)C(=O)O. The van der Waals surface area contributed by atoms with Gasteiger partial charge >= 0.3 is 17.9 Å². The van der Waals surface area contributed by atoms with Crippen LogP contribution in [0.4, 0.5) is 0 Å². The Morgan fingerprint density at radius 3 is 2.00 bits per heavy atom. The molecular formula is C15H25NO7. The van der Waals surface area contributed by atoms with Crippen molar-refractivity contribution in [1.82, 2.24) is 5.32 Å². The van der Waals surface area contributed by atoms with Crippen LogP contribution in [0.25, 0.3) is 0 Å². The second-order valence-corrected chi connectivity index (χ2v) is 5.35. The molecule has 132 valence electrons. The number of nitrogens with one attached hydrogen (secondary N) is 1. The number of hydrogen-bond acceptors (Lipinski definition) is 6. The first-order valence-electron chi connectivity index (χ1n) is 7.57. The van der Waals surface area contributed by atoms with Crippen molar-refractivity contribution in [2.24, 2.45) is 11.8 Å². The first kappa shape index (κ1) is 20.9. The van der Waals surface area contributed by atoms with Crippen LogP contribution >= 0.6 is 0 Å². The van der Waals surface area contributed by atoms with Gasteiger partial charge in [0, 0.05) is 6.42 Å². The van der Waals surface area contributed by atoms with Crippen LogP contribution in [-0.4, -0.2) is 48.2 Å². The van der Waals surface area contributed by atoms with E-state index < -0.39 is 42.2 Å². The first-order valence-corrected chi connectivity index (χ1v) is 7.57. The normalized spacial score (nSPS) is 13.1. The highest BCUT2D eigenvalue weighted by Crippen LogP contribution is 2.15. The number of esters is 2. The third-order valence-electron chi connectivity index (χ3n) is 2.86. The van der Waals surface area contributed by atoms with E-state index in [2.05, 4.69) is 5.32 Å². The smallest absolute Gasteiger partial charge is 0.327 e. The van der Waals surface area contributed by atoms with Crippen LogP contribution in [0.5, 0.6) is 0 Å². The van der Waals surface area contributed by atoms with Crippen LogP contribution in [0.1, 0.15) is 40.5 Å². The minimum Gasteiger partial charge on any atom is -0.480 e. The lowest BCUT2D eigenvalue weighted by atomic mass is 9.95. The number of amides is 1. The fraction of sp³-hybridized carbons (Fsp3) is 0.733. The molecule has 0 aromatic rings. The van der Waals surface area contributed by atoms with Gasteiger partial charge in [-0.1, -0.05) is 13.8 Å². The highest BCUT2D eigenvalue weighted by molar-refractivity contribution is 5.90. The number of carbonyl (C=O) groups is 4. The minimum atomic E-state index is -1.55. The Bertz CT molecular complexity index is 434. The molecule has 0 spiro atoms. The molecule has 0 aliphatic rings. The maximum absolute atomic E-state index is 12.0. The van der Waals surface area contributed by atoms with Gasteiger partial charge in [-0.3, -0.25) is 14.4 Å². The molecule has 0 unspecified atom stereocenters. The monoisotopic (exact) mass is 331 g/mol. The number of rotatable bonds is 10. The summed E-state index contributed by atoms with van der Waals surface area (Å²) in [5.41, 5.74) is 0. The summed E-state index contributed by atoms with van der Waals surface area (Å²) in [6.07, 6.45) is -0.371. The Hall–Kier alpha value is -2.12. The van der Waals surface area contributed by atoms with Crippen molar-refractivity contribution in [3.8, 4) is 0 Å². The zero-order valence-corrected chi connectivity index (χ0v) is 14.0. The lowest BCUT2D eigenvalue weighted by molar-refractivity contribution is -0.160. The van der Waals surface area contributed by atoms with E-state index in [4.69, 9.17) is 9.47 Å². The maximum atomic E-state index is 12.0. The lowest BCUT2D eigenvalue weighted by Crippen LogP contribution is -2.50. The molecule has 23 heavy (non-hydrogen) atoms. The van der Waals surface area contributed by atoms with E-state index in [9.17, 15) is 24.3 Å². The Balaban J connectivity index is 5.22. The van der Waals surface area contributed by atoms with Gasteiger partial charge in [0.1, 0.15) is 6.04 Å². The van der Waals surface area contributed by atoms with Crippen molar-refractivity contribution in [3.63, 3.8) is 0 Å². The van der Waals surface area contributed by atoms with E-state index in [0.717, 1.165) is 0 Å². The molecule has 8 heteroatoms. The molecule has 0 aliphatic heterocycles. The molecule has 0 aromatic heterocycles. The van der Waals surface area contributed by atoms with Gasteiger partial charge < -0.3 is 19.9 Å². The molecule has 0 heterocycles. The molecule has 0 fully saturated rings. The molecule has 1 amide bonds. The van der Waals surface area contributed by atoms with Crippen LogP contribution in [0, 0.1) is 11.8 Å². The Kier molecular flexibility index (Phi) is 9.60. The van der Waals surface area contributed by atoms with Crippen molar-refractivity contribution in [2.75, 3.05) is 13.2 Å². The van der Waals surface area contributed by atoms with Crippen molar-refractivity contribution >= 4 is 23.8 Å². The summed E-state index contributed by atoms with van der Waals surface area (Å²) >= 11 is 0. The van der Waals surface area contributed by atoms with Gasteiger partial charge in [0.2, 0.25) is 5.91 Å². The molecule has 0 rings (SSSR count). The summed E-state index contributed by atoms with van der Waals surface area (Å²) in [7, 11) is 0. The molecule has 0 aliphatic carbocycles. The van der Waals surface area contributed by atoms with Crippen molar-refractivity contribution in [3.05, 3.63) is 0 Å². The van der Waals surface area contributed by atoms with Gasteiger partial charge in [-0.05, 0) is 19.8 Å². The van der Waals surface area contributed by atoms with Crippen molar-refractivity contribution in [1.29, 1.82) is 0 Å². The maximum Gasteiger partial charge on any atom is 0.327 e. The molecule has 0 saturated carbocycles. The van der Waals surface area contributed by atoms with Crippen LogP contribution in [0.15, 0.2) is 0 Å². The van der Waals surface area contributed by atoms with Crippen LogP contribution in [0.2, 0.25) is 0 Å². The second kappa shape index (κ2) is 10.6. The summed E-state index contributed by atoms with van der Waals surface area (Å²) in [6, 6.07) is -1.55. The predicted molar refractivity (Wildman–Crippen MR) is 80.4 cm³/mol. The molecule has 2 N–H and O–H groups in total. The van der Waals surface area contributed by atoms with Gasteiger partial charge in [0.15, 0.2) is 0 Å². The standard InChI is InChI=1S/C15H25NO7/c1-5-22-12(18)8-10(15(21)23-6-2)13(14(19)20)16-11(17)7-9(3)4/h9-10,13H,5-8H2,1-4H3,(H,16,17)(H,19,20)/t10-,13-/m1/s1. The highest BCUT2D eigenvalue weighted by atomic mass is 16.5. The first-order chi connectivity index (χ1) is 10.7. The summed E-state index contributed by atoms with van der Waals surface area (Å²) < 4.78 is 9.56. The minimum absolute atomic E-state index is 0.0237. The Morgan fingerprint density at radius 1 is 1.00 bits per heavy atom. The average Bonchev–Trinajstić information content (AvgIpc) is 2.42. The van der Waals surface area contributed by atoms with Crippen LogP contribution in [-0.2, 0) is 28.7 Å². The van der Waals surface area contributed by atoms with Crippen LogP contribution < -0.4 is 5.32 Å². The summed E-state index contributed by atoms with van der Waals surface area (Å²) in [5.74, 6) is -4.83. The third kappa shape index (κ3) is 8.18. The molecule has 0 saturated heterocycles. The lowest BCUT2D eigenvalue weighted by Gasteiger charge is -2.23. The number of carbonyl (C=O) groups excluding carboxylic acids is 3. The van der Waals surface area contributed by atoms with E-state index in [1.54, 1.807) is 27.7 Å². The predicted octanol–water partition coefficient (Wildman–Crippen LogP) is 0.734. The van der Waals surface area contributed by atoms with Gasteiger partial charge in [-0.2, -0.15) is 0 Å². The number of hydrogen-bond donors (Lipinski definition) is 2. The van der Waals surface area contributed by atoms with Crippen molar-refractivity contribution < 1.29 is 33.8 Å². The van der Waals surface area contributed by atoms with Gasteiger partial charge in [0.05, 0.1) is 25.6 Å². The molecule has 0 radical (unpaired) electrons. The summed E-state index contributed by atoms with van der Waals surface area (Å²) in [5, 5.41) is 11.6. The topological polar surface area (TPSA) is 119 Å². The van der Waals surface area contributed by atoms with Gasteiger partial charge in [-0.15, -0.1) is 0 Å². The van der Waals surface area contributed by atoms with Crippen LogP contribution in [0.3, 0.4) is 0 Å². The zero-order chi connectivity index (χ0) is 18.0. The Morgan fingerprint density at radius 2 is 1.57 bits per heavy atom. The zero-order valence-electron chi connectivity index (χ0n) is 14.0. The third-order valence-corrected chi connectivity index (χ3v) is 2.86. The fourth-order valence-corrected chi connectivity index (χ4v) is 1.92. The van der Waals surface area contributed by atoms with E-state index >= 15 is 0 Å². The van der Waals surface area contributed by atoms with E-state index in [-0.39, 0.29) is 25.6 Å². The molecule has 8 nitrogen and oxygen atoms in total. The fourth-order valence-electron chi connectivity index (χ4n) is 1.92. The number of carboxylic acids is 1. The summed E-state index contributed by atoms with van der Waals surface area (Å²) in [4.78, 5) is 46.9. The second-order valence-electron chi connectivity index (χ2n) is 5.35. The van der Waals surface area contributed by atoms with E-state index in [1.165, 1.54) is 0 Å². The highest BCUT2D eigenvalue weighted by Gasteiger charge is 2.38. The Labute approximate surface area is 135 Å². The molecule has 2 atom stereocenters. The number of ether oxygens (including phenoxy) is 2.